The second kappa shape index (κ2) is 36.3. The lowest BCUT2D eigenvalue weighted by Crippen LogP contribution is -2.45. The van der Waals surface area contributed by atoms with Crippen molar-refractivity contribution in [2.75, 3.05) is 6.61 Å². The van der Waals surface area contributed by atoms with E-state index in [1.54, 1.807) is 6.08 Å². The van der Waals surface area contributed by atoms with E-state index >= 15 is 0 Å². The van der Waals surface area contributed by atoms with Gasteiger partial charge in [0.1, 0.15) is 0 Å². The van der Waals surface area contributed by atoms with Gasteiger partial charge in [-0.3, -0.25) is 4.79 Å². The first kappa shape index (κ1) is 42.8. The Labute approximate surface area is 278 Å². The number of aliphatic hydroxyl groups excluding tert-OH is 2. The molecule has 3 N–H and O–H groups in total. The van der Waals surface area contributed by atoms with Gasteiger partial charge in [-0.1, -0.05) is 151 Å². The van der Waals surface area contributed by atoms with E-state index in [-0.39, 0.29) is 12.5 Å². The first-order valence-electron chi connectivity index (χ1n) is 18.7. The molecule has 0 bridgehead atoms. The van der Waals surface area contributed by atoms with Crippen molar-refractivity contribution in [2.24, 2.45) is 0 Å². The summed E-state index contributed by atoms with van der Waals surface area (Å²) in [4.78, 5) is 12.3. The Kier molecular flexibility index (Phi) is 34.5. The van der Waals surface area contributed by atoms with Crippen molar-refractivity contribution in [1.82, 2.24) is 5.32 Å². The molecule has 0 rings (SSSR count). The average molecular weight is 626 g/mol. The van der Waals surface area contributed by atoms with Gasteiger partial charge in [0.05, 0.1) is 18.8 Å². The van der Waals surface area contributed by atoms with Gasteiger partial charge in [0, 0.05) is 6.42 Å². The lowest BCUT2D eigenvalue weighted by molar-refractivity contribution is -0.123. The minimum absolute atomic E-state index is 0.0930. The second-order valence-corrected chi connectivity index (χ2v) is 12.2. The Morgan fingerprint density at radius 1 is 0.556 bits per heavy atom. The molecule has 1 amide bonds. The fourth-order valence-electron chi connectivity index (χ4n) is 5.04. The molecule has 2 unspecified atom stereocenters. The smallest absolute Gasteiger partial charge is 0.220 e. The Bertz CT molecular complexity index is 808. The second-order valence-electron chi connectivity index (χ2n) is 12.2. The zero-order chi connectivity index (χ0) is 32.9. The molecule has 0 aliphatic carbocycles. The number of nitrogens with one attached hydrogen (secondary N) is 1. The number of hydrogen-bond donors (Lipinski definition) is 3. The largest absolute Gasteiger partial charge is 0.394 e. The molecule has 0 aliphatic rings. The third kappa shape index (κ3) is 33.0. The number of unbranched alkanes of at least 4 members (excludes halogenated alkanes) is 15. The minimum atomic E-state index is -0.876. The maximum atomic E-state index is 12.3. The summed E-state index contributed by atoms with van der Waals surface area (Å²) in [5.41, 5.74) is 0. The highest BCUT2D eigenvalue weighted by molar-refractivity contribution is 5.76. The number of amides is 1. The number of carbonyl (C=O) groups excluding carboxylic acids is 1. The van der Waals surface area contributed by atoms with Gasteiger partial charge in [0.15, 0.2) is 0 Å². The van der Waals surface area contributed by atoms with E-state index in [9.17, 15) is 15.0 Å². The van der Waals surface area contributed by atoms with Crippen molar-refractivity contribution in [3.8, 4) is 0 Å². The van der Waals surface area contributed by atoms with Gasteiger partial charge in [-0.25, -0.2) is 0 Å². The number of aliphatic hydroxyl groups is 2. The minimum Gasteiger partial charge on any atom is -0.394 e. The molecule has 0 aromatic rings. The fourth-order valence-corrected chi connectivity index (χ4v) is 5.04. The zero-order valence-corrected chi connectivity index (χ0v) is 29.4. The van der Waals surface area contributed by atoms with Crippen LogP contribution in [-0.2, 0) is 4.79 Å². The van der Waals surface area contributed by atoms with Crippen molar-refractivity contribution < 1.29 is 15.0 Å². The summed E-state index contributed by atoms with van der Waals surface area (Å²) in [6.07, 6.45) is 51.3. The Hall–Kier alpha value is -2.17. The van der Waals surface area contributed by atoms with Crippen LogP contribution in [0.5, 0.6) is 0 Å². The first-order chi connectivity index (χ1) is 22.2. The number of rotatable bonds is 32. The molecule has 45 heavy (non-hydrogen) atoms. The van der Waals surface area contributed by atoms with Crippen LogP contribution in [0.25, 0.3) is 0 Å². The third-order valence-electron chi connectivity index (χ3n) is 7.90. The molecule has 0 fully saturated rings. The molecule has 0 aromatic heterocycles. The van der Waals surface area contributed by atoms with E-state index in [1.807, 2.05) is 6.08 Å². The van der Waals surface area contributed by atoms with Gasteiger partial charge in [-0.05, 0) is 77.0 Å². The van der Waals surface area contributed by atoms with Crippen LogP contribution < -0.4 is 5.32 Å². The quantitative estimate of drug-likeness (QED) is 0.0514. The summed E-state index contributed by atoms with van der Waals surface area (Å²) in [5.74, 6) is -0.0930. The zero-order valence-electron chi connectivity index (χ0n) is 29.4. The van der Waals surface area contributed by atoms with Crippen molar-refractivity contribution in [2.45, 2.75) is 174 Å². The molecule has 258 valence electrons. The highest BCUT2D eigenvalue weighted by Crippen LogP contribution is 2.11. The summed E-state index contributed by atoms with van der Waals surface area (Å²) in [7, 11) is 0. The third-order valence-corrected chi connectivity index (χ3v) is 7.90. The molecular formula is C41H71NO3. The maximum absolute atomic E-state index is 12.3. The maximum Gasteiger partial charge on any atom is 0.220 e. The van der Waals surface area contributed by atoms with Crippen LogP contribution in [0.2, 0.25) is 0 Å². The van der Waals surface area contributed by atoms with Crippen molar-refractivity contribution in [3.63, 3.8) is 0 Å². The number of hydrogen-bond acceptors (Lipinski definition) is 3. The highest BCUT2D eigenvalue weighted by atomic mass is 16.3. The standard InChI is InChI=1S/C41H71NO3/c1-3-5-7-9-11-13-15-17-19-21-23-25-27-29-31-33-35-37-41(45)42-39(38-43)40(44)36-34-32-30-28-26-24-22-20-18-16-14-12-10-8-6-4-2/h5,7,11,13,17-20,26,28,34,36,39-40,43-44H,3-4,6,8-10,12,14-16,21-25,27,29-33,35,37-38H2,1-2H3,(H,42,45)/b7-5-,13-11-,19-17-,20-18+,28-26+,36-34+. The van der Waals surface area contributed by atoms with E-state index < -0.39 is 12.1 Å². The monoisotopic (exact) mass is 626 g/mol. The first-order valence-corrected chi connectivity index (χ1v) is 18.7. The molecule has 0 heterocycles. The van der Waals surface area contributed by atoms with Gasteiger partial charge in [-0.2, -0.15) is 0 Å². The van der Waals surface area contributed by atoms with Gasteiger partial charge in [0.2, 0.25) is 5.91 Å². The van der Waals surface area contributed by atoms with Crippen LogP contribution in [0.3, 0.4) is 0 Å². The molecule has 2 atom stereocenters. The molecule has 0 aromatic carbocycles. The molecule has 0 aliphatic heterocycles. The van der Waals surface area contributed by atoms with Gasteiger partial charge in [0.25, 0.3) is 0 Å². The summed E-state index contributed by atoms with van der Waals surface area (Å²) in [6.45, 7) is 4.15. The van der Waals surface area contributed by atoms with E-state index in [4.69, 9.17) is 0 Å². The van der Waals surface area contributed by atoms with Crippen LogP contribution in [-0.4, -0.2) is 34.9 Å². The van der Waals surface area contributed by atoms with Gasteiger partial charge in [-0.15, -0.1) is 0 Å². The fraction of sp³-hybridized carbons (Fsp3) is 0.683. The molecule has 4 heteroatoms. The number of allylic oxidation sites excluding steroid dienone is 11. The normalized spacial score (nSPS) is 14.0. The van der Waals surface area contributed by atoms with Crippen molar-refractivity contribution in [1.29, 1.82) is 0 Å². The van der Waals surface area contributed by atoms with Crippen LogP contribution in [0.1, 0.15) is 162 Å². The van der Waals surface area contributed by atoms with Crippen molar-refractivity contribution in [3.05, 3.63) is 72.9 Å². The summed E-state index contributed by atoms with van der Waals surface area (Å²) in [5, 5.41) is 22.9. The Morgan fingerprint density at radius 2 is 1.00 bits per heavy atom. The van der Waals surface area contributed by atoms with Crippen LogP contribution in [0, 0.1) is 0 Å². The van der Waals surface area contributed by atoms with E-state index in [1.165, 1.54) is 70.6 Å². The number of carbonyl (C=O) groups is 1. The Balaban J connectivity index is 3.74. The predicted molar refractivity (Wildman–Crippen MR) is 197 cm³/mol. The van der Waals surface area contributed by atoms with E-state index in [2.05, 4.69) is 79.9 Å². The molecule has 4 nitrogen and oxygen atoms in total. The summed E-state index contributed by atoms with van der Waals surface area (Å²) >= 11 is 0. The lowest BCUT2D eigenvalue weighted by atomic mass is 10.1. The van der Waals surface area contributed by atoms with Crippen molar-refractivity contribution >= 4 is 5.91 Å². The summed E-state index contributed by atoms with van der Waals surface area (Å²) in [6, 6.07) is -0.652. The average Bonchev–Trinajstić information content (AvgIpc) is 3.04. The molecule has 0 saturated heterocycles. The van der Waals surface area contributed by atoms with Crippen LogP contribution >= 0.6 is 0 Å². The Morgan fingerprint density at radius 3 is 1.56 bits per heavy atom. The predicted octanol–water partition coefficient (Wildman–Crippen LogP) is 11.2. The molecule has 0 spiro atoms. The van der Waals surface area contributed by atoms with E-state index in [0.717, 1.165) is 70.6 Å². The molecular weight excluding hydrogens is 554 g/mol. The topological polar surface area (TPSA) is 69.6 Å². The van der Waals surface area contributed by atoms with Crippen LogP contribution in [0.4, 0.5) is 0 Å². The SMILES string of the molecule is CC/C=C\C/C=C\C/C=C\CCCCCCCCCC(=O)NC(CO)C(O)/C=C/CC/C=C/CC/C=C/CCCCCCCC. The van der Waals surface area contributed by atoms with E-state index in [0.29, 0.717) is 6.42 Å². The van der Waals surface area contributed by atoms with Gasteiger partial charge < -0.3 is 15.5 Å². The summed E-state index contributed by atoms with van der Waals surface area (Å²) < 4.78 is 0. The van der Waals surface area contributed by atoms with Crippen LogP contribution in [0.15, 0.2) is 72.9 Å². The molecule has 0 radical (unpaired) electrons. The molecule has 0 saturated carbocycles. The van der Waals surface area contributed by atoms with Gasteiger partial charge >= 0.3 is 0 Å². The highest BCUT2D eigenvalue weighted by Gasteiger charge is 2.17. The lowest BCUT2D eigenvalue weighted by Gasteiger charge is -2.19.